The monoisotopic (exact) mass is 681 g/mol. The molecule has 0 spiro atoms. The lowest BCUT2D eigenvalue weighted by atomic mass is 9.84. The summed E-state index contributed by atoms with van der Waals surface area (Å²) in [7, 11) is -1.51. The van der Waals surface area contributed by atoms with Crippen LogP contribution in [-0.2, 0) is 28.7 Å². The molecule has 0 radical (unpaired) electrons. The van der Waals surface area contributed by atoms with Crippen LogP contribution >= 0.6 is 11.8 Å². The van der Waals surface area contributed by atoms with Crippen molar-refractivity contribution in [2.45, 2.75) is 62.6 Å². The number of Topliss-reactive ketones (excluding diaryl/α,β-unsaturated/α-hetero) is 1. The predicted octanol–water partition coefficient (Wildman–Crippen LogP) is 7.55. The van der Waals surface area contributed by atoms with Crippen LogP contribution in [0.1, 0.15) is 34.3 Å². The number of alkyl halides is 3. The molecule has 1 saturated carbocycles. The van der Waals surface area contributed by atoms with Crippen LogP contribution in [-0.4, -0.2) is 47.2 Å². The molecule has 0 unspecified atom stereocenters. The number of aryl methyl sites for hydroxylation is 1. The van der Waals surface area contributed by atoms with Crippen molar-refractivity contribution in [3.8, 4) is 0 Å². The van der Waals surface area contributed by atoms with E-state index in [1.807, 2.05) is 30.3 Å². The number of carbonyl (C=O) groups is 2. The van der Waals surface area contributed by atoms with E-state index in [0.29, 0.717) is 18.4 Å². The summed E-state index contributed by atoms with van der Waals surface area (Å²) in [5.41, 5.74) is 0.0982. The van der Waals surface area contributed by atoms with E-state index >= 15 is 0 Å². The Labute approximate surface area is 276 Å². The van der Waals surface area contributed by atoms with Gasteiger partial charge in [0.05, 0.1) is 30.0 Å². The number of ketones is 1. The third-order valence-electron chi connectivity index (χ3n) is 8.59. The molecular weight excluding hydrogens is 644 g/mol. The standard InChI is InChI=1S/C35H38F3N3O4SSi/c1-47(2,3)20-18-45-34(44)31-25(22-41-33(43)29-21-26(35(36,37)38)12-16-30(29)39-40-41)11-15-28(31)32(42)24-9-13-27(14-10-24)46-19-17-23-7-5-4-6-8-23/h4-10,12-14,16,21,25,28,31H,11,15,17-20,22H2,1-3H3/t25-,28-,31-/m0/s1. The Hall–Kier alpha value is -3.77. The number of aromatic nitrogens is 3. The Balaban J connectivity index is 1.34. The molecule has 3 atom stereocenters. The number of fused-ring (bicyclic) bond motifs is 1. The van der Waals surface area contributed by atoms with E-state index in [9.17, 15) is 27.6 Å². The Bertz CT molecular complexity index is 1780. The van der Waals surface area contributed by atoms with Crippen molar-refractivity contribution >= 4 is 42.5 Å². The lowest BCUT2D eigenvalue weighted by molar-refractivity contribution is -0.150. The fourth-order valence-corrected chi connectivity index (χ4v) is 7.56. The molecule has 1 heterocycles. The highest BCUT2D eigenvalue weighted by Gasteiger charge is 2.46. The van der Waals surface area contributed by atoms with Gasteiger partial charge in [0.1, 0.15) is 5.52 Å². The average molecular weight is 682 g/mol. The van der Waals surface area contributed by atoms with E-state index in [1.165, 1.54) is 5.56 Å². The fraction of sp³-hybridized carbons (Fsp3) is 0.400. The molecule has 0 amide bonds. The summed E-state index contributed by atoms with van der Waals surface area (Å²) in [6.07, 6.45) is -2.87. The molecule has 0 N–H and O–H groups in total. The van der Waals surface area contributed by atoms with Gasteiger partial charge in [-0.1, -0.05) is 67.3 Å². The van der Waals surface area contributed by atoms with E-state index in [2.05, 4.69) is 42.1 Å². The number of hydrogen-bond donors (Lipinski definition) is 0. The van der Waals surface area contributed by atoms with Crippen LogP contribution in [0.5, 0.6) is 0 Å². The molecule has 1 aliphatic carbocycles. The van der Waals surface area contributed by atoms with Crippen molar-refractivity contribution in [2.75, 3.05) is 12.4 Å². The maximum atomic E-state index is 13.9. The average Bonchev–Trinajstić information content (AvgIpc) is 3.45. The summed E-state index contributed by atoms with van der Waals surface area (Å²) in [6.45, 7) is 6.68. The summed E-state index contributed by atoms with van der Waals surface area (Å²) in [6, 6.07) is 21.1. The van der Waals surface area contributed by atoms with Crippen LogP contribution in [0, 0.1) is 17.8 Å². The highest BCUT2D eigenvalue weighted by molar-refractivity contribution is 7.99. The first-order valence-electron chi connectivity index (χ1n) is 15.7. The van der Waals surface area contributed by atoms with Gasteiger partial charge in [0.25, 0.3) is 5.56 Å². The first-order valence-corrected chi connectivity index (χ1v) is 20.4. The number of thioether (sulfide) groups is 1. The molecule has 1 aromatic heterocycles. The van der Waals surface area contributed by atoms with Crippen molar-refractivity contribution in [2.24, 2.45) is 17.8 Å². The number of rotatable bonds is 12. The van der Waals surface area contributed by atoms with E-state index < -0.39 is 49.1 Å². The number of hydrogen-bond acceptors (Lipinski definition) is 7. The van der Waals surface area contributed by atoms with Gasteiger partial charge < -0.3 is 4.74 Å². The Morgan fingerprint density at radius 2 is 1.72 bits per heavy atom. The Kier molecular flexibility index (Phi) is 10.7. The van der Waals surface area contributed by atoms with Gasteiger partial charge in [0, 0.05) is 30.2 Å². The van der Waals surface area contributed by atoms with Gasteiger partial charge in [-0.3, -0.25) is 14.4 Å². The molecule has 1 fully saturated rings. The molecule has 4 aromatic rings. The van der Waals surface area contributed by atoms with E-state index in [0.717, 1.165) is 46.0 Å². The van der Waals surface area contributed by atoms with Gasteiger partial charge in [0.15, 0.2) is 5.78 Å². The zero-order chi connectivity index (χ0) is 33.8. The first-order chi connectivity index (χ1) is 22.3. The SMILES string of the molecule is C[Si](C)(C)CCOC(=O)[C@H]1[C@H](Cn2nnc3ccc(C(F)(F)F)cc3c2=O)CC[C@@H]1C(=O)c1ccc(SCCc2ccccc2)cc1. The van der Waals surface area contributed by atoms with Gasteiger partial charge in [-0.2, -0.15) is 13.2 Å². The lowest BCUT2D eigenvalue weighted by Crippen LogP contribution is -2.36. The molecule has 1 aliphatic rings. The summed E-state index contributed by atoms with van der Waals surface area (Å²) in [5.74, 6) is -1.79. The minimum Gasteiger partial charge on any atom is -0.466 e. The Morgan fingerprint density at radius 3 is 2.40 bits per heavy atom. The van der Waals surface area contributed by atoms with Crippen molar-refractivity contribution in [3.05, 3.63) is 99.8 Å². The zero-order valence-corrected chi connectivity index (χ0v) is 28.4. The molecule has 47 heavy (non-hydrogen) atoms. The topological polar surface area (TPSA) is 91.2 Å². The largest absolute Gasteiger partial charge is 0.466 e. The second-order valence-electron chi connectivity index (χ2n) is 13.2. The number of halogens is 3. The number of ether oxygens (including phenoxy) is 1. The molecule has 248 valence electrons. The van der Waals surface area contributed by atoms with Crippen LogP contribution in [0.25, 0.3) is 10.9 Å². The van der Waals surface area contributed by atoms with Crippen molar-refractivity contribution in [1.29, 1.82) is 0 Å². The number of benzene rings is 3. The third kappa shape index (κ3) is 8.78. The number of carbonyl (C=O) groups excluding carboxylic acids is 2. The van der Waals surface area contributed by atoms with Gasteiger partial charge in [-0.25, -0.2) is 4.68 Å². The first kappa shape index (κ1) is 34.6. The van der Waals surface area contributed by atoms with Crippen molar-refractivity contribution in [3.63, 3.8) is 0 Å². The van der Waals surface area contributed by atoms with E-state index in [1.54, 1.807) is 23.9 Å². The van der Waals surface area contributed by atoms with E-state index in [-0.39, 0.29) is 29.8 Å². The third-order valence-corrected chi connectivity index (χ3v) is 11.3. The van der Waals surface area contributed by atoms with Crippen LogP contribution in [0.4, 0.5) is 13.2 Å². The van der Waals surface area contributed by atoms with Gasteiger partial charge >= 0.3 is 12.1 Å². The molecule has 3 aromatic carbocycles. The van der Waals surface area contributed by atoms with Crippen molar-refractivity contribution < 1.29 is 27.5 Å². The number of esters is 1. The molecule has 0 bridgehead atoms. The fourth-order valence-electron chi connectivity index (χ4n) is 5.95. The van der Waals surface area contributed by atoms with Gasteiger partial charge in [-0.15, -0.1) is 16.9 Å². The summed E-state index contributed by atoms with van der Waals surface area (Å²) in [4.78, 5) is 41.8. The highest BCUT2D eigenvalue weighted by Crippen LogP contribution is 2.41. The van der Waals surface area contributed by atoms with Crippen LogP contribution in [0.15, 0.2) is 82.5 Å². The summed E-state index contributed by atoms with van der Waals surface area (Å²) >= 11 is 1.70. The molecule has 7 nitrogen and oxygen atoms in total. The molecule has 12 heteroatoms. The second-order valence-corrected chi connectivity index (χ2v) is 20.0. The minimum atomic E-state index is -4.63. The highest BCUT2D eigenvalue weighted by atomic mass is 32.2. The van der Waals surface area contributed by atoms with Crippen LogP contribution < -0.4 is 5.56 Å². The van der Waals surface area contributed by atoms with E-state index in [4.69, 9.17) is 4.74 Å². The maximum absolute atomic E-state index is 13.9. The van der Waals surface area contributed by atoms with Crippen molar-refractivity contribution in [1.82, 2.24) is 15.0 Å². The van der Waals surface area contributed by atoms with Gasteiger partial charge in [0.2, 0.25) is 0 Å². The predicted molar refractivity (Wildman–Crippen MR) is 179 cm³/mol. The lowest BCUT2D eigenvalue weighted by Gasteiger charge is -2.24. The Morgan fingerprint density at radius 1 is 1.00 bits per heavy atom. The van der Waals surface area contributed by atoms with Gasteiger partial charge in [-0.05, 0) is 67.1 Å². The molecule has 0 aliphatic heterocycles. The quantitative estimate of drug-likeness (QED) is 0.0660. The molecule has 5 rings (SSSR count). The summed E-state index contributed by atoms with van der Waals surface area (Å²) < 4.78 is 46.8. The zero-order valence-electron chi connectivity index (χ0n) is 26.6. The number of nitrogens with zero attached hydrogens (tertiary/aromatic N) is 3. The summed E-state index contributed by atoms with van der Waals surface area (Å²) in [5, 5.41) is 7.73. The van der Waals surface area contributed by atoms with Crippen LogP contribution in [0.2, 0.25) is 25.7 Å². The smallest absolute Gasteiger partial charge is 0.416 e. The molecule has 0 saturated heterocycles. The maximum Gasteiger partial charge on any atom is 0.416 e. The minimum absolute atomic E-state index is 0.0442. The molecular formula is C35H38F3N3O4SSi. The van der Waals surface area contributed by atoms with Crippen LogP contribution in [0.3, 0.4) is 0 Å². The second kappa shape index (κ2) is 14.6. The normalized spacial score (nSPS) is 18.4.